The summed E-state index contributed by atoms with van der Waals surface area (Å²) in [6.45, 7) is 5.72. The summed E-state index contributed by atoms with van der Waals surface area (Å²) in [4.78, 5) is 25.7. The van der Waals surface area contributed by atoms with Gasteiger partial charge < -0.3 is 19.5 Å². The molecule has 0 fully saturated rings. The van der Waals surface area contributed by atoms with Crippen LogP contribution in [-0.2, 0) is 9.53 Å². The van der Waals surface area contributed by atoms with Gasteiger partial charge in [0, 0.05) is 10.9 Å². The maximum atomic E-state index is 13.0. The number of hydrogen-bond acceptors (Lipinski definition) is 7. The highest BCUT2D eigenvalue weighted by molar-refractivity contribution is 7.15. The Morgan fingerprint density at radius 3 is 2.51 bits per heavy atom. The number of nitrogens with one attached hydrogen (secondary N) is 1. The average molecular weight is 491 g/mol. The van der Waals surface area contributed by atoms with E-state index >= 15 is 0 Å². The molecule has 1 N–H and O–H groups in total. The van der Waals surface area contributed by atoms with Crippen molar-refractivity contribution in [1.82, 2.24) is 0 Å². The van der Waals surface area contributed by atoms with Gasteiger partial charge in [0.25, 0.3) is 5.91 Å². The second kappa shape index (κ2) is 11.9. The first-order valence-electron chi connectivity index (χ1n) is 11.0. The molecule has 0 aliphatic rings. The van der Waals surface area contributed by atoms with Crippen molar-refractivity contribution in [1.29, 1.82) is 5.26 Å². The van der Waals surface area contributed by atoms with Crippen LogP contribution in [0, 0.1) is 11.3 Å². The second-order valence-electron chi connectivity index (χ2n) is 7.64. The molecule has 0 spiro atoms. The van der Waals surface area contributed by atoms with Gasteiger partial charge in [0.1, 0.15) is 22.2 Å². The molecule has 1 heterocycles. The molecular formula is C27H26N2O5S. The van der Waals surface area contributed by atoms with E-state index in [1.807, 2.05) is 50.2 Å². The first kappa shape index (κ1) is 25.5. The van der Waals surface area contributed by atoms with Crippen LogP contribution in [0.4, 0.5) is 5.00 Å². The molecule has 1 aromatic heterocycles. The third kappa shape index (κ3) is 6.28. The minimum absolute atomic E-state index is 0.0362. The van der Waals surface area contributed by atoms with Gasteiger partial charge in [-0.1, -0.05) is 36.4 Å². The Balaban J connectivity index is 1.92. The van der Waals surface area contributed by atoms with Gasteiger partial charge >= 0.3 is 5.97 Å². The Labute approximate surface area is 208 Å². The fourth-order valence-electron chi connectivity index (χ4n) is 3.30. The van der Waals surface area contributed by atoms with Crippen LogP contribution in [0.1, 0.15) is 36.7 Å². The van der Waals surface area contributed by atoms with E-state index in [4.69, 9.17) is 14.2 Å². The molecule has 0 saturated carbocycles. The van der Waals surface area contributed by atoms with Gasteiger partial charge in [-0.05, 0) is 50.1 Å². The SMILES string of the molecule is CCOC(=O)c1c(-c2ccccc2)csc1NC(=O)/C(C#N)=C/c1ccc(OC(C)C)c(OC)c1. The summed E-state index contributed by atoms with van der Waals surface area (Å²) in [6.07, 6.45) is 1.41. The van der Waals surface area contributed by atoms with E-state index in [2.05, 4.69) is 5.32 Å². The molecule has 0 radical (unpaired) electrons. The third-order valence-electron chi connectivity index (χ3n) is 4.81. The number of hydrogen-bond donors (Lipinski definition) is 1. The minimum Gasteiger partial charge on any atom is -0.493 e. The van der Waals surface area contributed by atoms with Crippen molar-refractivity contribution in [3.8, 4) is 28.7 Å². The quantitative estimate of drug-likeness (QED) is 0.227. The maximum Gasteiger partial charge on any atom is 0.341 e. The Morgan fingerprint density at radius 1 is 1.14 bits per heavy atom. The number of ether oxygens (including phenoxy) is 3. The molecular weight excluding hydrogens is 464 g/mol. The van der Waals surface area contributed by atoms with E-state index in [-0.39, 0.29) is 23.8 Å². The zero-order valence-electron chi connectivity index (χ0n) is 20.0. The van der Waals surface area contributed by atoms with Gasteiger partial charge in [-0.25, -0.2) is 4.79 Å². The number of carbonyl (C=O) groups excluding carboxylic acids is 2. The number of benzene rings is 2. The number of amides is 1. The molecule has 0 aliphatic carbocycles. The normalized spacial score (nSPS) is 11.0. The van der Waals surface area contributed by atoms with E-state index in [9.17, 15) is 14.9 Å². The molecule has 3 rings (SSSR count). The molecule has 8 heteroatoms. The van der Waals surface area contributed by atoms with Gasteiger partial charge in [-0.15, -0.1) is 11.3 Å². The van der Waals surface area contributed by atoms with E-state index < -0.39 is 11.9 Å². The van der Waals surface area contributed by atoms with Crippen LogP contribution < -0.4 is 14.8 Å². The van der Waals surface area contributed by atoms with E-state index in [1.54, 1.807) is 30.5 Å². The summed E-state index contributed by atoms with van der Waals surface area (Å²) in [5.74, 6) is -0.133. The lowest BCUT2D eigenvalue weighted by Gasteiger charge is -2.14. The lowest BCUT2D eigenvalue weighted by molar-refractivity contribution is -0.112. The van der Waals surface area contributed by atoms with Gasteiger partial charge in [-0.2, -0.15) is 5.26 Å². The van der Waals surface area contributed by atoms with Crippen molar-refractivity contribution in [2.24, 2.45) is 0 Å². The number of thiophene rings is 1. The molecule has 0 atom stereocenters. The van der Waals surface area contributed by atoms with Crippen LogP contribution in [0.2, 0.25) is 0 Å². The Bertz CT molecular complexity index is 1270. The lowest BCUT2D eigenvalue weighted by Crippen LogP contribution is -2.16. The summed E-state index contributed by atoms with van der Waals surface area (Å²) in [5.41, 5.74) is 2.18. The number of nitriles is 1. The molecule has 2 aromatic carbocycles. The second-order valence-corrected chi connectivity index (χ2v) is 8.52. The summed E-state index contributed by atoms with van der Waals surface area (Å²) in [6, 6.07) is 16.4. The first-order valence-corrected chi connectivity index (χ1v) is 11.9. The zero-order valence-corrected chi connectivity index (χ0v) is 20.8. The van der Waals surface area contributed by atoms with Gasteiger partial charge in [0.05, 0.1) is 19.8 Å². The monoisotopic (exact) mass is 490 g/mol. The predicted molar refractivity (Wildman–Crippen MR) is 137 cm³/mol. The maximum absolute atomic E-state index is 13.0. The average Bonchev–Trinajstić information content (AvgIpc) is 3.27. The fraction of sp³-hybridized carbons (Fsp3) is 0.222. The first-order chi connectivity index (χ1) is 16.9. The van der Waals surface area contributed by atoms with Crippen molar-refractivity contribution < 1.29 is 23.8 Å². The number of carbonyl (C=O) groups is 2. The summed E-state index contributed by atoms with van der Waals surface area (Å²) in [5, 5.41) is 14.5. The van der Waals surface area contributed by atoms with Crippen molar-refractivity contribution in [3.05, 3.63) is 70.6 Å². The molecule has 0 bridgehead atoms. The predicted octanol–water partition coefficient (Wildman–Crippen LogP) is 5.93. The largest absolute Gasteiger partial charge is 0.493 e. The highest BCUT2D eigenvalue weighted by atomic mass is 32.1. The van der Waals surface area contributed by atoms with E-state index in [0.717, 1.165) is 5.56 Å². The zero-order chi connectivity index (χ0) is 25.4. The summed E-state index contributed by atoms with van der Waals surface area (Å²) < 4.78 is 16.3. The minimum atomic E-state index is -0.638. The van der Waals surface area contributed by atoms with E-state index in [1.165, 1.54) is 24.5 Å². The number of esters is 1. The molecule has 0 unspecified atom stereocenters. The highest BCUT2D eigenvalue weighted by Gasteiger charge is 2.23. The Kier molecular flexibility index (Phi) is 8.65. The molecule has 1 amide bonds. The topological polar surface area (TPSA) is 97.7 Å². The van der Waals surface area contributed by atoms with Crippen LogP contribution in [0.15, 0.2) is 59.5 Å². The van der Waals surface area contributed by atoms with Crippen LogP contribution in [-0.4, -0.2) is 31.7 Å². The van der Waals surface area contributed by atoms with Crippen molar-refractivity contribution >= 4 is 34.3 Å². The molecule has 0 aliphatic heterocycles. The standard InChI is InChI=1S/C27H26N2O5S/c1-5-33-27(31)24-21(19-9-7-6-8-10-19)16-35-26(24)29-25(30)20(15-28)13-18-11-12-22(34-17(2)3)23(14-18)32-4/h6-14,16-17H,5H2,1-4H3,(H,29,30)/b20-13+. The van der Waals surface area contributed by atoms with Crippen LogP contribution in [0.25, 0.3) is 17.2 Å². The molecule has 3 aromatic rings. The van der Waals surface area contributed by atoms with Gasteiger partial charge in [0.15, 0.2) is 11.5 Å². The van der Waals surface area contributed by atoms with Crippen LogP contribution in [0.3, 0.4) is 0 Å². The number of rotatable bonds is 9. The molecule has 180 valence electrons. The molecule has 7 nitrogen and oxygen atoms in total. The van der Waals surface area contributed by atoms with Crippen LogP contribution in [0.5, 0.6) is 11.5 Å². The highest BCUT2D eigenvalue weighted by Crippen LogP contribution is 2.36. The fourth-order valence-corrected chi connectivity index (χ4v) is 4.25. The number of anilines is 1. The van der Waals surface area contributed by atoms with Crippen molar-refractivity contribution in [3.63, 3.8) is 0 Å². The lowest BCUT2D eigenvalue weighted by atomic mass is 10.0. The van der Waals surface area contributed by atoms with Crippen molar-refractivity contribution in [2.45, 2.75) is 26.9 Å². The summed E-state index contributed by atoms with van der Waals surface area (Å²) in [7, 11) is 1.52. The van der Waals surface area contributed by atoms with E-state index in [0.29, 0.717) is 27.6 Å². The number of nitrogens with zero attached hydrogens (tertiary/aromatic N) is 1. The smallest absolute Gasteiger partial charge is 0.341 e. The third-order valence-corrected chi connectivity index (χ3v) is 5.70. The number of methoxy groups -OCH3 is 1. The Hall–Kier alpha value is -4.09. The Morgan fingerprint density at radius 2 is 1.89 bits per heavy atom. The summed E-state index contributed by atoms with van der Waals surface area (Å²) >= 11 is 1.20. The van der Waals surface area contributed by atoms with Gasteiger partial charge in [-0.3, -0.25) is 4.79 Å². The van der Waals surface area contributed by atoms with Crippen LogP contribution >= 0.6 is 11.3 Å². The van der Waals surface area contributed by atoms with Crippen molar-refractivity contribution in [2.75, 3.05) is 19.0 Å². The molecule has 0 saturated heterocycles. The molecule has 35 heavy (non-hydrogen) atoms. The van der Waals surface area contributed by atoms with Gasteiger partial charge in [0.2, 0.25) is 0 Å².